The fourth-order valence-corrected chi connectivity index (χ4v) is 1.92. The van der Waals surface area contributed by atoms with Gasteiger partial charge >= 0.3 is 6.09 Å². The first-order valence-electron chi connectivity index (χ1n) is 7.17. The fourth-order valence-electron chi connectivity index (χ4n) is 1.92. The molecule has 0 radical (unpaired) electrons. The number of carbonyl (C=O) groups is 1. The summed E-state index contributed by atoms with van der Waals surface area (Å²) in [7, 11) is 1.69. The van der Waals surface area contributed by atoms with Crippen LogP contribution >= 0.6 is 0 Å². The van der Waals surface area contributed by atoms with Gasteiger partial charge in [-0.3, -0.25) is 4.90 Å². The Morgan fingerprint density at radius 3 is 2.50 bits per heavy atom. The molecule has 0 saturated heterocycles. The van der Waals surface area contributed by atoms with Gasteiger partial charge in [0, 0.05) is 19.6 Å². The zero-order chi connectivity index (χ0) is 16.5. The number of nitrogens with zero attached hydrogens (tertiary/aromatic N) is 2. The van der Waals surface area contributed by atoms with Crippen molar-refractivity contribution in [1.82, 2.24) is 9.80 Å². The lowest BCUT2D eigenvalue weighted by atomic mass is 10.1. The lowest BCUT2D eigenvalue weighted by Crippen LogP contribution is -2.29. The average Bonchev–Trinajstić information content (AvgIpc) is 2.53. The van der Waals surface area contributed by atoms with E-state index in [-0.39, 0.29) is 12.1 Å². The topological polar surface area (TPSA) is 32.8 Å². The van der Waals surface area contributed by atoms with Crippen LogP contribution in [0.1, 0.15) is 25.5 Å². The van der Waals surface area contributed by atoms with Crippen LogP contribution in [0.3, 0.4) is 0 Å². The second kappa shape index (κ2) is 8.77. The normalized spacial score (nSPS) is 11.4. The minimum absolute atomic E-state index is 0.0367. The molecule has 116 valence electrons. The van der Waals surface area contributed by atoms with E-state index in [1.165, 1.54) is 4.90 Å². The minimum Gasteiger partial charge on any atom is -0.410 e. The van der Waals surface area contributed by atoms with Crippen LogP contribution in [0.5, 0.6) is 5.75 Å². The third kappa shape index (κ3) is 4.84. The highest BCUT2D eigenvalue weighted by Gasteiger charge is 2.16. The maximum atomic E-state index is 11.8. The summed E-state index contributed by atoms with van der Waals surface area (Å²) < 4.78 is 5.35. The van der Waals surface area contributed by atoms with Crippen LogP contribution < -0.4 is 4.74 Å². The van der Waals surface area contributed by atoms with Crippen molar-refractivity contribution in [2.45, 2.75) is 19.9 Å². The molecule has 1 aromatic carbocycles. The van der Waals surface area contributed by atoms with Crippen LogP contribution in [0.25, 0.3) is 0 Å². The van der Waals surface area contributed by atoms with E-state index in [9.17, 15) is 4.79 Å². The summed E-state index contributed by atoms with van der Waals surface area (Å²) in [6, 6.07) is 7.45. The number of rotatable bonds is 6. The number of hydrogen-bond donors (Lipinski definition) is 0. The molecule has 0 aromatic heterocycles. The maximum absolute atomic E-state index is 11.8. The van der Waals surface area contributed by atoms with Crippen LogP contribution in [0, 0.1) is 24.7 Å². The van der Waals surface area contributed by atoms with E-state index in [0.717, 1.165) is 5.56 Å². The molecule has 0 aliphatic carbocycles. The average molecular weight is 298 g/mol. The minimum atomic E-state index is -0.378. The van der Waals surface area contributed by atoms with E-state index in [2.05, 4.69) is 11.8 Å². The Kier molecular flexibility index (Phi) is 7.02. The molecular weight excluding hydrogens is 276 g/mol. The van der Waals surface area contributed by atoms with E-state index in [4.69, 9.17) is 17.6 Å². The molecule has 1 atom stereocenters. The summed E-state index contributed by atoms with van der Waals surface area (Å²) in [4.78, 5) is 15.3. The van der Waals surface area contributed by atoms with Gasteiger partial charge in [-0.05, 0) is 31.5 Å². The maximum Gasteiger partial charge on any atom is 0.414 e. The van der Waals surface area contributed by atoms with Gasteiger partial charge in [0.1, 0.15) is 5.75 Å². The van der Waals surface area contributed by atoms with E-state index < -0.39 is 0 Å². The van der Waals surface area contributed by atoms with Crippen LogP contribution in [0.2, 0.25) is 0 Å². The van der Waals surface area contributed by atoms with E-state index in [0.29, 0.717) is 25.4 Å². The van der Waals surface area contributed by atoms with Crippen molar-refractivity contribution in [3.8, 4) is 30.4 Å². The highest BCUT2D eigenvalue weighted by Crippen LogP contribution is 2.24. The van der Waals surface area contributed by atoms with Gasteiger partial charge in [-0.25, -0.2) is 4.79 Å². The van der Waals surface area contributed by atoms with Crippen molar-refractivity contribution in [3.63, 3.8) is 0 Å². The largest absolute Gasteiger partial charge is 0.414 e. The van der Waals surface area contributed by atoms with Gasteiger partial charge in [-0.2, -0.15) is 0 Å². The number of carbonyl (C=O) groups excluding carboxylic acids is 1. The fraction of sp³-hybridized carbons (Fsp3) is 0.389. The van der Waals surface area contributed by atoms with Crippen molar-refractivity contribution in [1.29, 1.82) is 0 Å². The SMILES string of the molecule is C#CCN(CC#C)C(C)c1cccc(OC(=O)N(C)CC)c1. The zero-order valence-electron chi connectivity index (χ0n) is 13.4. The number of amides is 1. The second-order valence-corrected chi connectivity index (χ2v) is 4.94. The Hall–Kier alpha value is -2.43. The summed E-state index contributed by atoms with van der Waals surface area (Å²) in [6.45, 7) is 5.43. The summed E-state index contributed by atoms with van der Waals surface area (Å²) in [6.07, 6.45) is 10.4. The van der Waals surface area contributed by atoms with Crippen LogP contribution in [-0.2, 0) is 0 Å². The van der Waals surface area contributed by atoms with Crippen molar-refractivity contribution >= 4 is 6.09 Å². The Balaban J connectivity index is 2.89. The Bertz CT molecular complexity index is 567. The van der Waals surface area contributed by atoms with Gasteiger partial charge in [-0.15, -0.1) is 12.8 Å². The van der Waals surface area contributed by atoms with Crippen LogP contribution in [0.15, 0.2) is 24.3 Å². The summed E-state index contributed by atoms with van der Waals surface area (Å²) in [5.41, 5.74) is 0.995. The van der Waals surface area contributed by atoms with Gasteiger partial charge in [-0.1, -0.05) is 24.0 Å². The molecule has 0 heterocycles. The molecule has 0 aliphatic rings. The first-order valence-corrected chi connectivity index (χ1v) is 7.17. The van der Waals surface area contributed by atoms with Crippen LogP contribution in [0.4, 0.5) is 4.79 Å². The number of benzene rings is 1. The molecule has 0 bridgehead atoms. The Morgan fingerprint density at radius 1 is 1.32 bits per heavy atom. The number of ether oxygens (including phenoxy) is 1. The molecule has 1 amide bonds. The third-order valence-corrected chi connectivity index (χ3v) is 3.47. The van der Waals surface area contributed by atoms with Crippen LogP contribution in [-0.4, -0.2) is 42.6 Å². The van der Waals surface area contributed by atoms with Crippen molar-refractivity contribution < 1.29 is 9.53 Å². The smallest absolute Gasteiger partial charge is 0.410 e. The first-order chi connectivity index (χ1) is 10.5. The van der Waals surface area contributed by atoms with Gasteiger partial charge in [0.2, 0.25) is 0 Å². The Labute approximate surface area is 133 Å². The van der Waals surface area contributed by atoms with Gasteiger partial charge in [0.25, 0.3) is 0 Å². The zero-order valence-corrected chi connectivity index (χ0v) is 13.4. The molecule has 0 saturated carbocycles. The van der Waals surface area contributed by atoms with Gasteiger partial charge < -0.3 is 9.64 Å². The first kappa shape index (κ1) is 17.6. The van der Waals surface area contributed by atoms with Crippen molar-refractivity contribution in [2.24, 2.45) is 0 Å². The van der Waals surface area contributed by atoms with Crippen molar-refractivity contribution in [3.05, 3.63) is 29.8 Å². The molecule has 4 nitrogen and oxygen atoms in total. The molecule has 22 heavy (non-hydrogen) atoms. The van der Waals surface area contributed by atoms with E-state index >= 15 is 0 Å². The molecule has 0 spiro atoms. The molecule has 0 aliphatic heterocycles. The summed E-state index contributed by atoms with van der Waals surface area (Å²) in [5.74, 6) is 5.73. The molecule has 1 rings (SSSR count). The highest BCUT2D eigenvalue weighted by molar-refractivity contribution is 5.70. The quantitative estimate of drug-likeness (QED) is 0.757. The van der Waals surface area contributed by atoms with Gasteiger partial charge in [0.05, 0.1) is 13.1 Å². The number of terminal acetylenes is 2. The number of hydrogen-bond acceptors (Lipinski definition) is 3. The molecule has 0 N–H and O–H groups in total. The predicted molar refractivity (Wildman–Crippen MR) is 88.4 cm³/mol. The van der Waals surface area contributed by atoms with E-state index in [1.807, 2.05) is 36.9 Å². The molecule has 1 unspecified atom stereocenters. The predicted octanol–water partition coefficient (Wildman–Crippen LogP) is 2.77. The molecule has 4 heteroatoms. The standard InChI is InChI=1S/C18H22N2O2/c1-6-12-20(13-7-2)15(4)16-10-9-11-17(14-16)22-18(21)19(5)8-3/h1-2,9-11,14-15H,8,12-13H2,3-5H3. The lowest BCUT2D eigenvalue weighted by Gasteiger charge is -2.25. The monoisotopic (exact) mass is 298 g/mol. The summed E-state index contributed by atoms with van der Waals surface area (Å²) in [5, 5.41) is 0. The highest BCUT2D eigenvalue weighted by atomic mass is 16.6. The van der Waals surface area contributed by atoms with E-state index in [1.54, 1.807) is 13.1 Å². The molecule has 0 fully saturated rings. The molecule has 1 aromatic rings. The Morgan fingerprint density at radius 2 is 1.95 bits per heavy atom. The third-order valence-electron chi connectivity index (χ3n) is 3.47. The molecular formula is C18H22N2O2. The lowest BCUT2D eigenvalue weighted by molar-refractivity contribution is 0.165. The van der Waals surface area contributed by atoms with Gasteiger partial charge in [0.15, 0.2) is 0 Å². The second-order valence-electron chi connectivity index (χ2n) is 4.94. The van der Waals surface area contributed by atoms with Crippen molar-refractivity contribution in [2.75, 3.05) is 26.7 Å². The summed E-state index contributed by atoms with van der Waals surface area (Å²) >= 11 is 0.